The number of benzene rings is 2. The smallest absolute Gasteiger partial charge is 0.176 e. The van der Waals surface area contributed by atoms with E-state index in [4.69, 9.17) is 21.9 Å². The molecule has 1 heterocycles. The molecule has 4 heteroatoms. The number of anilines is 1. The number of nitrogens with zero attached hydrogens (tertiary/aromatic N) is 1. The summed E-state index contributed by atoms with van der Waals surface area (Å²) in [6.45, 7) is 2.04. The number of aromatic nitrogens is 1. The van der Waals surface area contributed by atoms with Crippen molar-refractivity contribution in [2.24, 2.45) is 0 Å². The lowest BCUT2D eigenvalue weighted by atomic mass is 10.0. The summed E-state index contributed by atoms with van der Waals surface area (Å²) in [6.07, 6.45) is 0. The quantitative estimate of drug-likeness (QED) is 0.751. The van der Waals surface area contributed by atoms with Crippen LogP contribution in [-0.2, 0) is 0 Å². The van der Waals surface area contributed by atoms with Crippen molar-refractivity contribution in [3.8, 4) is 22.5 Å². The van der Waals surface area contributed by atoms with Crippen molar-refractivity contribution in [2.75, 3.05) is 5.73 Å². The summed E-state index contributed by atoms with van der Waals surface area (Å²) in [5.74, 6) is 1.04. The van der Waals surface area contributed by atoms with Gasteiger partial charge < -0.3 is 10.3 Å². The summed E-state index contributed by atoms with van der Waals surface area (Å²) >= 11 is 5.91. The zero-order chi connectivity index (χ0) is 14.1. The molecule has 0 amide bonds. The summed E-state index contributed by atoms with van der Waals surface area (Å²) in [5.41, 5.74) is 9.83. The Kier molecular flexibility index (Phi) is 3.20. The standard InChI is InChI=1S/C16H13ClN2O/c1-10-2-4-11(5-3-10)14-15(20-19-16(14)18)12-6-8-13(17)9-7-12/h2-9H,1H3,(H2,18,19). The van der Waals surface area contributed by atoms with E-state index in [2.05, 4.69) is 5.16 Å². The molecule has 0 unspecified atom stereocenters. The lowest BCUT2D eigenvalue weighted by molar-refractivity contribution is 0.436. The molecule has 0 fully saturated rings. The number of halogens is 1. The van der Waals surface area contributed by atoms with E-state index in [0.29, 0.717) is 16.6 Å². The first-order chi connectivity index (χ1) is 9.65. The van der Waals surface area contributed by atoms with Gasteiger partial charge in [0, 0.05) is 10.6 Å². The van der Waals surface area contributed by atoms with Crippen molar-refractivity contribution in [3.63, 3.8) is 0 Å². The van der Waals surface area contributed by atoms with Crippen molar-refractivity contribution in [1.82, 2.24) is 5.16 Å². The van der Waals surface area contributed by atoms with Crippen LogP contribution in [0.1, 0.15) is 5.56 Å². The molecule has 0 bridgehead atoms. The van der Waals surface area contributed by atoms with Crippen LogP contribution in [0, 0.1) is 6.92 Å². The van der Waals surface area contributed by atoms with Gasteiger partial charge in [-0.05, 0) is 36.8 Å². The van der Waals surface area contributed by atoms with Gasteiger partial charge in [0.05, 0.1) is 5.56 Å². The van der Waals surface area contributed by atoms with Crippen molar-refractivity contribution in [1.29, 1.82) is 0 Å². The van der Waals surface area contributed by atoms with Crippen LogP contribution in [0.5, 0.6) is 0 Å². The van der Waals surface area contributed by atoms with Crippen LogP contribution in [0.15, 0.2) is 53.1 Å². The molecule has 3 aromatic rings. The molecular formula is C16H13ClN2O. The van der Waals surface area contributed by atoms with Gasteiger partial charge in [0.25, 0.3) is 0 Å². The van der Waals surface area contributed by atoms with Gasteiger partial charge >= 0.3 is 0 Å². The molecule has 0 spiro atoms. The number of aryl methyl sites for hydroxylation is 1. The Bertz CT molecular complexity index is 730. The van der Waals surface area contributed by atoms with Crippen molar-refractivity contribution >= 4 is 17.4 Å². The summed E-state index contributed by atoms with van der Waals surface area (Å²) in [5, 5.41) is 4.56. The first kappa shape index (κ1) is 12.8. The average molecular weight is 285 g/mol. The summed E-state index contributed by atoms with van der Waals surface area (Å²) in [6, 6.07) is 15.5. The van der Waals surface area contributed by atoms with Gasteiger partial charge in [-0.15, -0.1) is 0 Å². The maximum Gasteiger partial charge on any atom is 0.176 e. The van der Waals surface area contributed by atoms with Crippen molar-refractivity contribution in [2.45, 2.75) is 6.92 Å². The van der Waals surface area contributed by atoms with Crippen LogP contribution < -0.4 is 5.73 Å². The highest BCUT2D eigenvalue weighted by Crippen LogP contribution is 2.36. The molecule has 0 saturated carbocycles. The SMILES string of the molecule is Cc1ccc(-c2c(N)noc2-c2ccc(Cl)cc2)cc1. The molecule has 100 valence electrons. The van der Waals surface area contributed by atoms with E-state index < -0.39 is 0 Å². The van der Waals surface area contributed by atoms with E-state index in [0.717, 1.165) is 16.7 Å². The minimum absolute atomic E-state index is 0.388. The lowest BCUT2D eigenvalue weighted by Gasteiger charge is -2.03. The van der Waals surface area contributed by atoms with Gasteiger partial charge in [-0.1, -0.05) is 46.6 Å². The van der Waals surface area contributed by atoms with Crippen LogP contribution in [-0.4, -0.2) is 5.16 Å². The molecule has 3 nitrogen and oxygen atoms in total. The number of nitrogen functional groups attached to an aromatic ring is 1. The molecule has 20 heavy (non-hydrogen) atoms. The van der Waals surface area contributed by atoms with E-state index in [1.807, 2.05) is 55.5 Å². The average Bonchev–Trinajstić information content (AvgIpc) is 2.83. The minimum atomic E-state index is 0.388. The highest BCUT2D eigenvalue weighted by molar-refractivity contribution is 6.30. The Labute approximate surface area is 122 Å². The van der Waals surface area contributed by atoms with Gasteiger partial charge in [0.2, 0.25) is 0 Å². The van der Waals surface area contributed by atoms with E-state index in [9.17, 15) is 0 Å². The highest BCUT2D eigenvalue weighted by Gasteiger charge is 2.17. The van der Waals surface area contributed by atoms with Gasteiger partial charge in [0.1, 0.15) is 0 Å². The molecule has 0 aliphatic carbocycles. The van der Waals surface area contributed by atoms with Gasteiger partial charge in [-0.2, -0.15) is 0 Å². The Morgan fingerprint density at radius 2 is 1.55 bits per heavy atom. The summed E-state index contributed by atoms with van der Waals surface area (Å²) < 4.78 is 5.39. The first-order valence-corrected chi connectivity index (χ1v) is 6.61. The van der Waals surface area contributed by atoms with Gasteiger partial charge in [0.15, 0.2) is 11.6 Å². The summed E-state index contributed by atoms with van der Waals surface area (Å²) in [7, 11) is 0. The molecule has 0 atom stereocenters. The second-order valence-corrected chi connectivity index (χ2v) is 5.08. The second-order valence-electron chi connectivity index (χ2n) is 4.64. The third-order valence-corrected chi connectivity index (χ3v) is 3.42. The molecule has 1 aromatic heterocycles. The third-order valence-electron chi connectivity index (χ3n) is 3.17. The highest BCUT2D eigenvalue weighted by atomic mass is 35.5. The van der Waals surface area contributed by atoms with E-state index in [1.54, 1.807) is 0 Å². The molecule has 0 aliphatic rings. The van der Waals surface area contributed by atoms with Crippen LogP contribution >= 0.6 is 11.6 Å². The Morgan fingerprint density at radius 3 is 2.20 bits per heavy atom. The fraction of sp³-hybridized carbons (Fsp3) is 0.0625. The number of rotatable bonds is 2. The lowest BCUT2D eigenvalue weighted by Crippen LogP contribution is -1.89. The van der Waals surface area contributed by atoms with E-state index >= 15 is 0 Å². The van der Waals surface area contributed by atoms with Crippen molar-refractivity contribution < 1.29 is 4.52 Å². The normalized spacial score (nSPS) is 10.7. The molecule has 3 rings (SSSR count). The van der Waals surface area contributed by atoms with E-state index in [-0.39, 0.29) is 0 Å². The molecule has 0 radical (unpaired) electrons. The maximum absolute atomic E-state index is 5.95. The van der Waals surface area contributed by atoms with Crippen molar-refractivity contribution in [3.05, 3.63) is 59.1 Å². The number of hydrogen-bond donors (Lipinski definition) is 1. The van der Waals surface area contributed by atoms with Crippen LogP contribution in [0.25, 0.3) is 22.5 Å². The van der Waals surface area contributed by atoms with Crippen LogP contribution in [0.3, 0.4) is 0 Å². The first-order valence-electron chi connectivity index (χ1n) is 6.23. The van der Waals surface area contributed by atoms with Gasteiger partial charge in [-0.3, -0.25) is 0 Å². The van der Waals surface area contributed by atoms with Crippen LogP contribution in [0.2, 0.25) is 5.02 Å². The summed E-state index contributed by atoms with van der Waals surface area (Å²) in [4.78, 5) is 0. The van der Waals surface area contributed by atoms with Gasteiger partial charge in [-0.25, -0.2) is 0 Å². The molecule has 2 aromatic carbocycles. The Hall–Kier alpha value is -2.26. The third kappa shape index (κ3) is 2.28. The van der Waals surface area contributed by atoms with Crippen LogP contribution in [0.4, 0.5) is 5.82 Å². The predicted molar refractivity (Wildman–Crippen MR) is 81.5 cm³/mol. The molecule has 0 aliphatic heterocycles. The maximum atomic E-state index is 5.95. The molecular weight excluding hydrogens is 272 g/mol. The Morgan fingerprint density at radius 1 is 0.950 bits per heavy atom. The fourth-order valence-corrected chi connectivity index (χ4v) is 2.23. The fourth-order valence-electron chi connectivity index (χ4n) is 2.10. The van der Waals surface area contributed by atoms with E-state index in [1.165, 1.54) is 5.56 Å². The Balaban J connectivity index is 2.14. The number of hydrogen-bond acceptors (Lipinski definition) is 3. The predicted octanol–water partition coefficient (Wildman–Crippen LogP) is 4.55. The largest absolute Gasteiger partial charge is 0.380 e. The minimum Gasteiger partial charge on any atom is -0.380 e. The second kappa shape index (κ2) is 5.02. The topological polar surface area (TPSA) is 52.0 Å². The zero-order valence-corrected chi connectivity index (χ0v) is 11.7. The number of nitrogens with two attached hydrogens (primary N) is 1. The molecule has 0 saturated heterocycles. The molecule has 2 N–H and O–H groups in total. The zero-order valence-electron chi connectivity index (χ0n) is 10.9. The monoisotopic (exact) mass is 284 g/mol.